The number of benzene rings is 3. The van der Waals surface area contributed by atoms with Crippen LogP contribution in [0.5, 0.6) is 0 Å². The molecule has 0 aliphatic rings. The van der Waals surface area contributed by atoms with Gasteiger partial charge in [-0.15, -0.1) is 0 Å². The van der Waals surface area contributed by atoms with E-state index < -0.39 is 0 Å². The van der Waals surface area contributed by atoms with Gasteiger partial charge in [0.15, 0.2) is 0 Å². The molecule has 0 aromatic heterocycles. The van der Waals surface area contributed by atoms with Gasteiger partial charge in [-0.1, -0.05) is 0 Å². The average Bonchev–Trinajstić information content (AvgIpc) is 2.55. The van der Waals surface area contributed by atoms with Crippen LogP contribution in [0.25, 0.3) is 10.8 Å². The first-order valence-corrected chi connectivity index (χ1v) is 9.47. The third kappa shape index (κ3) is 3.39. The van der Waals surface area contributed by atoms with Gasteiger partial charge in [0.25, 0.3) is 0 Å². The Morgan fingerprint density at radius 1 is 0.826 bits per heavy atom. The second-order valence-corrected chi connectivity index (χ2v) is 8.93. The van der Waals surface area contributed by atoms with Crippen molar-refractivity contribution >= 4 is 40.4 Å². The van der Waals surface area contributed by atoms with Gasteiger partial charge in [0.2, 0.25) is 0 Å². The molecule has 0 spiro atoms. The fourth-order valence-electron chi connectivity index (χ4n) is 2.54. The average molecular weight is 367 g/mol. The summed E-state index contributed by atoms with van der Waals surface area (Å²) in [5.74, 6) is 0.219. The molecule has 116 valence electrons. The summed E-state index contributed by atoms with van der Waals surface area (Å²) in [5.41, 5.74) is 0.504. The van der Waals surface area contributed by atoms with Crippen molar-refractivity contribution in [2.75, 3.05) is 0 Å². The second kappa shape index (κ2) is 6.31. The zero-order chi connectivity index (χ0) is 16.4. The summed E-state index contributed by atoms with van der Waals surface area (Å²) in [5, 5.41) is 2.40. The molecule has 0 radical (unpaired) electrons. The van der Waals surface area contributed by atoms with E-state index in [4.69, 9.17) is 0 Å². The van der Waals surface area contributed by atoms with Crippen LogP contribution in [0, 0.1) is 5.41 Å². The SMILES string of the molecule is CC(C)(C)C(=O)c1ccc2ccccc2c1[Se]c1ccccc1. The summed E-state index contributed by atoms with van der Waals surface area (Å²) >= 11 is 0.109. The number of hydrogen-bond acceptors (Lipinski definition) is 1. The number of hydrogen-bond donors (Lipinski definition) is 0. The molecule has 0 atom stereocenters. The van der Waals surface area contributed by atoms with Gasteiger partial charge in [-0.25, -0.2) is 0 Å². The van der Waals surface area contributed by atoms with Crippen molar-refractivity contribution in [2.24, 2.45) is 5.41 Å². The second-order valence-electron chi connectivity index (χ2n) is 6.66. The Bertz CT molecular complexity index is 845. The van der Waals surface area contributed by atoms with Crippen LogP contribution in [-0.2, 0) is 0 Å². The maximum absolute atomic E-state index is 12.9. The molecule has 0 saturated carbocycles. The summed E-state index contributed by atoms with van der Waals surface area (Å²) in [6.07, 6.45) is 0. The van der Waals surface area contributed by atoms with Gasteiger partial charge in [-0.2, -0.15) is 0 Å². The summed E-state index contributed by atoms with van der Waals surface area (Å²) in [4.78, 5) is 12.9. The van der Waals surface area contributed by atoms with E-state index >= 15 is 0 Å². The molecule has 1 nitrogen and oxygen atoms in total. The molecule has 0 aliphatic carbocycles. The molecule has 0 N–H and O–H groups in total. The topological polar surface area (TPSA) is 17.1 Å². The van der Waals surface area contributed by atoms with Crippen LogP contribution >= 0.6 is 0 Å². The Kier molecular flexibility index (Phi) is 4.39. The Morgan fingerprint density at radius 3 is 2.17 bits per heavy atom. The van der Waals surface area contributed by atoms with Crippen LogP contribution in [0.15, 0.2) is 66.7 Å². The molecule has 3 rings (SSSR count). The van der Waals surface area contributed by atoms with Crippen molar-refractivity contribution in [1.82, 2.24) is 0 Å². The van der Waals surface area contributed by atoms with Crippen LogP contribution in [0.3, 0.4) is 0 Å². The van der Waals surface area contributed by atoms with Crippen molar-refractivity contribution in [3.8, 4) is 0 Å². The first kappa shape index (κ1) is 16.0. The summed E-state index contributed by atoms with van der Waals surface area (Å²) < 4.78 is 2.49. The number of Topliss-reactive ketones (excluding diaryl/α,β-unsaturated/α-hetero) is 1. The van der Waals surface area contributed by atoms with Crippen LogP contribution in [0.4, 0.5) is 0 Å². The van der Waals surface area contributed by atoms with E-state index in [9.17, 15) is 4.79 Å². The molecule has 0 heterocycles. The fourth-order valence-corrected chi connectivity index (χ4v) is 4.84. The van der Waals surface area contributed by atoms with Crippen LogP contribution in [-0.4, -0.2) is 20.7 Å². The van der Waals surface area contributed by atoms with E-state index in [1.807, 2.05) is 39.0 Å². The van der Waals surface area contributed by atoms with Crippen LogP contribution in [0.2, 0.25) is 0 Å². The minimum atomic E-state index is -0.371. The molecular weight excluding hydrogens is 347 g/mol. The third-order valence-corrected chi connectivity index (χ3v) is 6.19. The van der Waals surface area contributed by atoms with E-state index in [1.54, 1.807) is 0 Å². The Morgan fingerprint density at radius 2 is 1.48 bits per heavy atom. The summed E-state index contributed by atoms with van der Waals surface area (Å²) in [6.45, 7) is 5.97. The molecule has 23 heavy (non-hydrogen) atoms. The number of ketones is 1. The van der Waals surface area contributed by atoms with Gasteiger partial charge in [0, 0.05) is 0 Å². The Hall–Kier alpha value is -1.89. The first-order valence-electron chi connectivity index (χ1n) is 7.76. The zero-order valence-electron chi connectivity index (χ0n) is 13.7. The van der Waals surface area contributed by atoms with Crippen molar-refractivity contribution < 1.29 is 4.79 Å². The molecule has 0 unspecified atom stereocenters. The van der Waals surface area contributed by atoms with E-state index in [1.165, 1.54) is 19.7 Å². The van der Waals surface area contributed by atoms with Crippen molar-refractivity contribution in [3.05, 3.63) is 72.3 Å². The van der Waals surface area contributed by atoms with Crippen LogP contribution in [0.1, 0.15) is 31.1 Å². The molecule has 3 aromatic carbocycles. The van der Waals surface area contributed by atoms with Crippen molar-refractivity contribution in [1.29, 1.82) is 0 Å². The van der Waals surface area contributed by atoms with Gasteiger partial charge >= 0.3 is 144 Å². The summed E-state index contributed by atoms with van der Waals surface area (Å²) in [7, 11) is 0. The maximum atomic E-state index is 12.9. The molecule has 2 heteroatoms. The zero-order valence-corrected chi connectivity index (χ0v) is 15.4. The normalized spacial score (nSPS) is 11.6. The fraction of sp³-hybridized carbons (Fsp3) is 0.190. The van der Waals surface area contributed by atoms with Gasteiger partial charge in [0.1, 0.15) is 0 Å². The van der Waals surface area contributed by atoms with E-state index in [-0.39, 0.29) is 26.2 Å². The number of carbonyl (C=O) groups excluding carboxylic acids is 1. The Balaban J connectivity index is 2.20. The van der Waals surface area contributed by atoms with Crippen molar-refractivity contribution in [3.63, 3.8) is 0 Å². The summed E-state index contributed by atoms with van der Waals surface area (Å²) in [6, 6.07) is 22.9. The third-order valence-electron chi connectivity index (χ3n) is 3.77. The molecule has 0 amide bonds. The Labute approximate surface area is 143 Å². The molecule has 0 saturated heterocycles. The van der Waals surface area contributed by atoms with Crippen LogP contribution < -0.4 is 8.92 Å². The molecule has 3 aromatic rings. The molecule has 0 fully saturated rings. The minimum absolute atomic E-state index is 0.109. The quantitative estimate of drug-likeness (QED) is 0.509. The molecule has 0 bridgehead atoms. The van der Waals surface area contributed by atoms with E-state index in [0.29, 0.717) is 0 Å². The van der Waals surface area contributed by atoms with E-state index in [0.717, 1.165) is 5.56 Å². The van der Waals surface area contributed by atoms with Gasteiger partial charge in [-0.05, 0) is 0 Å². The number of fused-ring (bicyclic) bond motifs is 1. The van der Waals surface area contributed by atoms with E-state index in [2.05, 4.69) is 48.5 Å². The monoisotopic (exact) mass is 368 g/mol. The first-order chi connectivity index (χ1) is 11.0. The number of rotatable bonds is 3. The van der Waals surface area contributed by atoms with Gasteiger partial charge < -0.3 is 0 Å². The standard InChI is InChI=1S/C21H20OSe/c1-21(2,3)20(22)18-14-13-15-9-7-8-12-17(15)19(18)23-16-10-5-4-6-11-16/h4-14H,1-3H3. The van der Waals surface area contributed by atoms with Gasteiger partial charge in [-0.3, -0.25) is 0 Å². The van der Waals surface area contributed by atoms with Crippen molar-refractivity contribution in [2.45, 2.75) is 20.8 Å². The number of carbonyl (C=O) groups is 1. The predicted octanol–water partition coefficient (Wildman–Crippen LogP) is 3.72. The van der Waals surface area contributed by atoms with Gasteiger partial charge in [0.05, 0.1) is 0 Å². The predicted molar refractivity (Wildman–Crippen MR) is 99.2 cm³/mol. The molecule has 0 aliphatic heterocycles. The molecular formula is C21H20OSe.